The van der Waals surface area contributed by atoms with Crippen molar-refractivity contribution in [2.75, 3.05) is 7.11 Å². The van der Waals surface area contributed by atoms with Crippen LogP contribution in [0.5, 0.6) is 11.5 Å². The van der Waals surface area contributed by atoms with Gasteiger partial charge in [0.15, 0.2) is 0 Å². The Kier molecular flexibility index (Phi) is 2.68. The number of carbonyl (C=O) groups is 1. The zero-order valence-corrected chi connectivity index (χ0v) is 9.67. The minimum Gasteiger partial charge on any atom is -0.507 e. The molecule has 5 heteroatoms. The van der Waals surface area contributed by atoms with Gasteiger partial charge in [0.2, 0.25) is 0 Å². The van der Waals surface area contributed by atoms with E-state index in [1.807, 2.05) is 0 Å². The molecule has 1 aromatic rings. The number of halogens is 1. The van der Waals surface area contributed by atoms with Gasteiger partial charge in [-0.1, -0.05) is 11.6 Å². The van der Waals surface area contributed by atoms with Gasteiger partial charge in [-0.2, -0.15) is 0 Å². The number of carbonyl (C=O) groups excluding carboxylic acids is 1. The van der Waals surface area contributed by atoms with Crippen LogP contribution in [0, 0.1) is 0 Å². The molecule has 0 amide bonds. The van der Waals surface area contributed by atoms with Crippen molar-refractivity contribution in [3.63, 3.8) is 0 Å². The van der Waals surface area contributed by atoms with Gasteiger partial charge in [-0.15, -0.1) is 0 Å². The highest BCUT2D eigenvalue weighted by Gasteiger charge is 2.30. The van der Waals surface area contributed by atoms with Crippen molar-refractivity contribution in [2.45, 2.75) is 19.4 Å². The number of benzene rings is 1. The van der Waals surface area contributed by atoms with Crippen molar-refractivity contribution >= 4 is 17.6 Å². The van der Waals surface area contributed by atoms with Gasteiger partial charge in [-0.3, -0.25) is 0 Å². The number of hydrogen-bond acceptors (Lipinski definition) is 4. The Morgan fingerprint density at radius 2 is 2.31 bits per heavy atom. The van der Waals surface area contributed by atoms with E-state index < -0.39 is 5.97 Å². The second-order valence-electron chi connectivity index (χ2n) is 3.69. The molecular weight excluding hydrogens is 232 g/mol. The molecule has 0 aliphatic carbocycles. The number of esters is 1. The van der Waals surface area contributed by atoms with Crippen LogP contribution in [0.15, 0.2) is 6.07 Å². The van der Waals surface area contributed by atoms with E-state index in [4.69, 9.17) is 21.1 Å². The molecule has 1 aliphatic rings. The van der Waals surface area contributed by atoms with Crippen LogP contribution in [-0.2, 0) is 11.2 Å². The fourth-order valence-electron chi connectivity index (χ4n) is 1.81. The molecule has 1 atom stereocenters. The Morgan fingerprint density at radius 1 is 1.62 bits per heavy atom. The van der Waals surface area contributed by atoms with E-state index in [1.54, 1.807) is 6.92 Å². The maximum atomic E-state index is 11.6. The fraction of sp³-hybridized carbons (Fsp3) is 0.364. The number of fused-ring (bicyclic) bond motifs is 1. The molecule has 0 spiro atoms. The Morgan fingerprint density at radius 3 is 2.94 bits per heavy atom. The van der Waals surface area contributed by atoms with E-state index in [9.17, 15) is 9.90 Å². The van der Waals surface area contributed by atoms with Crippen molar-refractivity contribution in [1.82, 2.24) is 0 Å². The van der Waals surface area contributed by atoms with Crippen LogP contribution in [0.25, 0.3) is 0 Å². The summed E-state index contributed by atoms with van der Waals surface area (Å²) in [7, 11) is 1.46. The highest BCUT2D eigenvalue weighted by molar-refractivity contribution is 6.33. The van der Waals surface area contributed by atoms with Crippen LogP contribution in [0.1, 0.15) is 22.8 Å². The molecule has 0 fully saturated rings. The zero-order valence-electron chi connectivity index (χ0n) is 8.91. The summed E-state index contributed by atoms with van der Waals surface area (Å²) in [5.41, 5.74) is 0.728. The molecule has 2 rings (SSSR count). The molecule has 1 heterocycles. The normalized spacial score (nSPS) is 18.9. The molecule has 1 aromatic carbocycles. The molecule has 1 aliphatic heterocycles. The summed E-state index contributed by atoms with van der Waals surface area (Å²) >= 11 is 6.09. The molecule has 1 unspecified atom stereocenters. The first-order valence-corrected chi connectivity index (χ1v) is 5.21. The molecule has 0 saturated heterocycles. The Labute approximate surface area is 97.7 Å². The SMILES string of the molecule is COc1cc(O)c2c(c1Cl)CC(C)OC2=O. The summed E-state index contributed by atoms with van der Waals surface area (Å²) in [6.07, 6.45) is 0.231. The summed E-state index contributed by atoms with van der Waals surface area (Å²) in [4.78, 5) is 11.6. The fourth-order valence-corrected chi connectivity index (χ4v) is 2.11. The van der Waals surface area contributed by atoms with Gasteiger partial charge in [0.25, 0.3) is 0 Å². The van der Waals surface area contributed by atoms with Gasteiger partial charge < -0.3 is 14.6 Å². The molecule has 16 heavy (non-hydrogen) atoms. The number of rotatable bonds is 1. The second kappa shape index (κ2) is 3.87. The van der Waals surface area contributed by atoms with E-state index in [2.05, 4.69) is 0 Å². The van der Waals surface area contributed by atoms with E-state index in [0.717, 1.165) is 0 Å². The highest BCUT2D eigenvalue weighted by atomic mass is 35.5. The third kappa shape index (κ3) is 1.59. The molecule has 86 valence electrons. The van der Waals surface area contributed by atoms with Gasteiger partial charge in [0, 0.05) is 12.5 Å². The lowest BCUT2D eigenvalue weighted by molar-refractivity contribution is 0.0297. The van der Waals surface area contributed by atoms with E-state index >= 15 is 0 Å². The summed E-state index contributed by atoms with van der Waals surface area (Å²) in [5, 5.41) is 10.1. The van der Waals surface area contributed by atoms with Gasteiger partial charge >= 0.3 is 5.97 Å². The summed E-state index contributed by atoms with van der Waals surface area (Å²) in [6.45, 7) is 1.77. The molecule has 0 bridgehead atoms. The maximum Gasteiger partial charge on any atom is 0.342 e. The number of cyclic esters (lactones) is 1. The topological polar surface area (TPSA) is 55.8 Å². The predicted octanol–water partition coefficient (Wildman–Crippen LogP) is 2.16. The lowest BCUT2D eigenvalue weighted by Crippen LogP contribution is -2.25. The van der Waals surface area contributed by atoms with E-state index in [1.165, 1.54) is 13.2 Å². The molecule has 0 aromatic heterocycles. The average Bonchev–Trinajstić information content (AvgIpc) is 2.22. The Hall–Kier alpha value is -1.42. The number of hydrogen-bond donors (Lipinski definition) is 1. The van der Waals surface area contributed by atoms with Crippen LogP contribution in [0.2, 0.25) is 5.02 Å². The number of phenols is 1. The van der Waals surface area contributed by atoms with E-state index in [0.29, 0.717) is 22.8 Å². The summed E-state index contributed by atoms with van der Waals surface area (Å²) in [5.74, 6) is -0.344. The third-order valence-corrected chi connectivity index (χ3v) is 2.95. The Balaban J connectivity index is 2.66. The van der Waals surface area contributed by atoms with Gasteiger partial charge in [0.05, 0.1) is 12.1 Å². The number of methoxy groups -OCH3 is 1. The van der Waals surface area contributed by atoms with Crippen molar-refractivity contribution in [3.05, 3.63) is 22.2 Å². The van der Waals surface area contributed by atoms with Crippen LogP contribution in [0.4, 0.5) is 0 Å². The highest BCUT2D eigenvalue weighted by Crippen LogP contribution is 2.39. The minimum atomic E-state index is -0.546. The van der Waals surface area contributed by atoms with Crippen molar-refractivity contribution < 1.29 is 19.4 Å². The lowest BCUT2D eigenvalue weighted by Gasteiger charge is -2.24. The van der Waals surface area contributed by atoms with Crippen LogP contribution >= 0.6 is 11.6 Å². The van der Waals surface area contributed by atoms with E-state index in [-0.39, 0.29) is 17.4 Å². The van der Waals surface area contributed by atoms with Crippen LogP contribution in [0.3, 0.4) is 0 Å². The van der Waals surface area contributed by atoms with Crippen molar-refractivity contribution in [2.24, 2.45) is 0 Å². The van der Waals surface area contributed by atoms with Gasteiger partial charge in [-0.05, 0) is 12.5 Å². The first-order valence-electron chi connectivity index (χ1n) is 4.84. The monoisotopic (exact) mass is 242 g/mol. The lowest BCUT2D eigenvalue weighted by atomic mass is 9.98. The smallest absolute Gasteiger partial charge is 0.342 e. The minimum absolute atomic E-state index is 0.143. The number of aromatic hydroxyl groups is 1. The van der Waals surface area contributed by atoms with Gasteiger partial charge in [-0.25, -0.2) is 4.79 Å². The van der Waals surface area contributed by atoms with Gasteiger partial charge in [0.1, 0.15) is 23.2 Å². The quantitative estimate of drug-likeness (QED) is 0.767. The van der Waals surface area contributed by atoms with Crippen LogP contribution in [-0.4, -0.2) is 24.3 Å². The average molecular weight is 243 g/mol. The molecule has 4 nitrogen and oxygen atoms in total. The molecule has 0 radical (unpaired) electrons. The first kappa shape index (κ1) is 11.1. The number of phenolic OH excluding ortho intramolecular Hbond substituents is 1. The largest absolute Gasteiger partial charge is 0.507 e. The molecule has 1 N–H and O–H groups in total. The Bertz CT molecular complexity index is 456. The van der Waals surface area contributed by atoms with Crippen molar-refractivity contribution in [1.29, 1.82) is 0 Å². The zero-order chi connectivity index (χ0) is 11.9. The molecule has 0 saturated carbocycles. The molecular formula is C11H11ClO4. The standard InChI is InChI=1S/C11H11ClO4/c1-5-3-6-9(11(14)16-5)7(13)4-8(15-2)10(6)12/h4-5,13H,3H2,1-2H3. The first-order chi connectivity index (χ1) is 7.54. The van der Waals surface area contributed by atoms with Crippen molar-refractivity contribution in [3.8, 4) is 11.5 Å². The maximum absolute atomic E-state index is 11.6. The third-order valence-electron chi connectivity index (χ3n) is 2.53. The number of ether oxygens (including phenoxy) is 2. The van der Waals surface area contributed by atoms with Crippen LogP contribution < -0.4 is 4.74 Å². The summed E-state index contributed by atoms with van der Waals surface area (Å²) in [6, 6.07) is 1.32. The second-order valence-corrected chi connectivity index (χ2v) is 4.06. The summed E-state index contributed by atoms with van der Waals surface area (Å²) < 4.78 is 10.0. The predicted molar refractivity (Wildman–Crippen MR) is 58.3 cm³/mol.